The van der Waals surface area contributed by atoms with E-state index in [9.17, 15) is 13.6 Å². The first-order chi connectivity index (χ1) is 13.1. The monoisotopic (exact) mass is 389 g/mol. The van der Waals surface area contributed by atoms with Crippen molar-refractivity contribution in [2.75, 3.05) is 11.1 Å². The van der Waals surface area contributed by atoms with Crippen molar-refractivity contribution >= 4 is 34.4 Å². The summed E-state index contributed by atoms with van der Waals surface area (Å²) in [6.45, 7) is 1.48. The fourth-order valence-corrected chi connectivity index (χ4v) is 3.34. The number of para-hydroxylation sites is 2. The maximum absolute atomic E-state index is 12.2. The van der Waals surface area contributed by atoms with Crippen LogP contribution < -0.4 is 10.1 Å². The van der Waals surface area contributed by atoms with Crippen LogP contribution in [0, 0.1) is 0 Å². The molecule has 0 saturated carbocycles. The maximum atomic E-state index is 12.2. The van der Waals surface area contributed by atoms with Gasteiger partial charge >= 0.3 is 6.61 Å². The number of hydrogen-bond donors (Lipinski definition) is 1. The third kappa shape index (κ3) is 4.85. The lowest BCUT2D eigenvalue weighted by atomic mass is 10.3. The molecule has 3 rings (SSSR count). The van der Waals surface area contributed by atoms with Crippen molar-refractivity contribution in [2.24, 2.45) is 0 Å². The number of nitrogens with zero attached hydrogens (tertiary/aromatic N) is 2. The highest BCUT2D eigenvalue weighted by Gasteiger charge is 2.12. The van der Waals surface area contributed by atoms with Gasteiger partial charge < -0.3 is 14.6 Å². The molecule has 0 atom stereocenters. The summed E-state index contributed by atoms with van der Waals surface area (Å²) in [6.07, 6.45) is 1.78. The fourth-order valence-electron chi connectivity index (χ4n) is 2.52. The number of carbonyl (C=O) groups excluding carboxylic acids is 1. The van der Waals surface area contributed by atoms with Gasteiger partial charge in [-0.3, -0.25) is 4.79 Å². The van der Waals surface area contributed by atoms with Crippen molar-refractivity contribution in [2.45, 2.75) is 18.3 Å². The van der Waals surface area contributed by atoms with Crippen LogP contribution in [0.15, 0.2) is 66.3 Å². The number of aromatic nitrogens is 2. The number of allylic oxidation sites excluding steroid dienone is 1. The molecule has 5 nitrogen and oxygen atoms in total. The molecule has 0 aliphatic heterocycles. The first-order valence-corrected chi connectivity index (χ1v) is 9.09. The Kier molecular flexibility index (Phi) is 6.08. The van der Waals surface area contributed by atoms with Crippen LogP contribution in [0.4, 0.5) is 14.5 Å². The van der Waals surface area contributed by atoms with Gasteiger partial charge in [0.05, 0.1) is 16.8 Å². The van der Waals surface area contributed by atoms with Crippen molar-refractivity contribution in [3.8, 4) is 5.75 Å². The lowest BCUT2D eigenvalue weighted by molar-refractivity contribution is -0.113. The highest BCUT2D eigenvalue weighted by Crippen LogP contribution is 2.24. The van der Waals surface area contributed by atoms with Crippen molar-refractivity contribution < 1.29 is 18.3 Å². The summed E-state index contributed by atoms with van der Waals surface area (Å²) in [6, 6.07) is 13.5. The van der Waals surface area contributed by atoms with Crippen molar-refractivity contribution in [3.05, 3.63) is 61.2 Å². The molecule has 140 valence electrons. The van der Waals surface area contributed by atoms with Crippen LogP contribution in [-0.4, -0.2) is 27.8 Å². The normalized spacial score (nSPS) is 10.9. The Hall–Kier alpha value is -2.87. The zero-order chi connectivity index (χ0) is 19.2. The smallest absolute Gasteiger partial charge is 0.387 e. The predicted molar refractivity (Wildman–Crippen MR) is 102 cm³/mol. The molecule has 0 radical (unpaired) electrons. The van der Waals surface area contributed by atoms with Crippen molar-refractivity contribution in [1.29, 1.82) is 0 Å². The number of anilines is 1. The molecule has 1 N–H and O–H groups in total. The van der Waals surface area contributed by atoms with Gasteiger partial charge in [-0.25, -0.2) is 4.98 Å². The minimum atomic E-state index is -2.88. The summed E-state index contributed by atoms with van der Waals surface area (Å²) in [5, 5.41) is 3.45. The van der Waals surface area contributed by atoms with E-state index in [2.05, 4.69) is 21.6 Å². The summed E-state index contributed by atoms with van der Waals surface area (Å²) in [4.78, 5) is 16.8. The van der Waals surface area contributed by atoms with Gasteiger partial charge in [-0.2, -0.15) is 8.78 Å². The molecule has 0 fully saturated rings. The fraction of sp³-hybridized carbons (Fsp3) is 0.158. The molecule has 0 aliphatic carbocycles. The molecular formula is C19H17F2N3O2S. The number of imidazole rings is 1. The van der Waals surface area contributed by atoms with E-state index in [1.54, 1.807) is 6.08 Å². The minimum absolute atomic E-state index is 0.0375. The summed E-state index contributed by atoms with van der Waals surface area (Å²) in [5.41, 5.74) is 2.34. The highest BCUT2D eigenvalue weighted by atomic mass is 32.2. The van der Waals surface area contributed by atoms with Crippen LogP contribution in [0.5, 0.6) is 5.75 Å². The number of halogens is 2. The quantitative estimate of drug-likeness (QED) is 0.453. The Morgan fingerprint density at radius 1 is 1.26 bits per heavy atom. The molecular weight excluding hydrogens is 372 g/mol. The molecule has 0 spiro atoms. The Morgan fingerprint density at radius 3 is 2.70 bits per heavy atom. The number of alkyl halides is 2. The Balaban J connectivity index is 1.63. The molecule has 0 bridgehead atoms. The number of ether oxygens (including phenoxy) is 1. The van der Waals surface area contributed by atoms with Crippen LogP contribution in [0.25, 0.3) is 11.0 Å². The largest absolute Gasteiger partial charge is 0.435 e. The molecule has 27 heavy (non-hydrogen) atoms. The molecule has 3 aromatic rings. The SMILES string of the molecule is C=CCn1c(SCC(=O)Nc2ccc(OC(F)F)cc2)nc2ccccc21. The number of benzene rings is 2. The average molecular weight is 389 g/mol. The molecule has 0 aliphatic rings. The molecule has 1 amide bonds. The molecule has 1 heterocycles. The molecule has 0 unspecified atom stereocenters. The molecule has 8 heteroatoms. The van der Waals surface area contributed by atoms with Gasteiger partial charge in [0, 0.05) is 12.2 Å². The Labute approximate surface area is 159 Å². The number of amides is 1. The number of rotatable bonds is 8. The van der Waals surface area contributed by atoms with Gasteiger partial charge in [-0.15, -0.1) is 6.58 Å². The summed E-state index contributed by atoms with van der Waals surface area (Å²) in [7, 11) is 0. The van der Waals surface area contributed by atoms with E-state index < -0.39 is 6.61 Å². The second-order valence-electron chi connectivity index (χ2n) is 5.52. The zero-order valence-electron chi connectivity index (χ0n) is 14.3. The summed E-state index contributed by atoms with van der Waals surface area (Å²) in [5.74, 6) is -0.0225. The average Bonchev–Trinajstić information content (AvgIpc) is 2.99. The number of fused-ring (bicyclic) bond motifs is 1. The van der Waals surface area contributed by atoms with E-state index in [-0.39, 0.29) is 17.4 Å². The lowest BCUT2D eigenvalue weighted by Gasteiger charge is -2.08. The second-order valence-corrected chi connectivity index (χ2v) is 6.46. The van der Waals surface area contributed by atoms with E-state index in [1.807, 2.05) is 28.8 Å². The topological polar surface area (TPSA) is 56.2 Å². The summed E-state index contributed by atoms with van der Waals surface area (Å²) >= 11 is 1.32. The first-order valence-electron chi connectivity index (χ1n) is 8.10. The van der Waals surface area contributed by atoms with Gasteiger partial charge in [-0.1, -0.05) is 30.0 Å². The third-order valence-corrected chi connectivity index (χ3v) is 4.60. The predicted octanol–water partition coefficient (Wildman–Crippen LogP) is 4.55. The Morgan fingerprint density at radius 2 is 2.00 bits per heavy atom. The van der Waals surface area contributed by atoms with E-state index in [1.165, 1.54) is 36.0 Å². The Bertz CT molecular complexity index is 942. The molecule has 1 aromatic heterocycles. The number of carbonyl (C=O) groups is 1. The maximum Gasteiger partial charge on any atom is 0.387 e. The number of hydrogen-bond acceptors (Lipinski definition) is 4. The van der Waals surface area contributed by atoms with E-state index in [0.29, 0.717) is 12.2 Å². The van der Waals surface area contributed by atoms with Crippen LogP contribution in [0.2, 0.25) is 0 Å². The van der Waals surface area contributed by atoms with Crippen molar-refractivity contribution in [3.63, 3.8) is 0 Å². The number of nitrogens with one attached hydrogen (secondary N) is 1. The van der Waals surface area contributed by atoms with Crippen LogP contribution in [0.3, 0.4) is 0 Å². The van der Waals surface area contributed by atoms with E-state index in [4.69, 9.17) is 0 Å². The first kappa shape index (κ1) is 18.9. The van der Waals surface area contributed by atoms with Crippen molar-refractivity contribution in [1.82, 2.24) is 9.55 Å². The van der Waals surface area contributed by atoms with Crippen LogP contribution in [-0.2, 0) is 11.3 Å². The van der Waals surface area contributed by atoms with Gasteiger partial charge in [0.25, 0.3) is 0 Å². The van der Waals surface area contributed by atoms with Gasteiger partial charge in [0.1, 0.15) is 5.75 Å². The lowest BCUT2D eigenvalue weighted by Crippen LogP contribution is -2.14. The molecule has 0 saturated heterocycles. The van der Waals surface area contributed by atoms with Gasteiger partial charge in [0.15, 0.2) is 5.16 Å². The minimum Gasteiger partial charge on any atom is -0.435 e. The van der Waals surface area contributed by atoms with Gasteiger partial charge in [0.2, 0.25) is 5.91 Å². The van der Waals surface area contributed by atoms with Crippen LogP contribution >= 0.6 is 11.8 Å². The standard InChI is InChI=1S/C19H17F2N3O2S/c1-2-11-24-16-6-4-3-5-15(16)23-19(24)27-12-17(25)22-13-7-9-14(10-8-13)26-18(20)21/h2-10,18H,1,11-12H2,(H,22,25). The zero-order valence-corrected chi connectivity index (χ0v) is 15.1. The second kappa shape index (κ2) is 8.68. The summed E-state index contributed by atoms with van der Waals surface area (Å²) < 4.78 is 30.6. The van der Waals surface area contributed by atoms with Crippen LogP contribution in [0.1, 0.15) is 0 Å². The van der Waals surface area contributed by atoms with E-state index >= 15 is 0 Å². The highest BCUT2D eigenvalue weighted by molar-refractivity contribution is 7.99. The van der Waals surface area contributed by atoms with Gasteiger partial charge in [-0.05, 0) is 36.4 Å². The molecule has 2 aromatic carbocycles. The third-order valence-electron chi connectivity index (χ3n) is 3.63. The number of thioether (sulfide) groups is 1. The van der Waals surface area contributed by atoms with E-state index in [0.717, 1.165) is 16.2 Å².